The number of hydrogen-bond acceptors (Lipinski definition) is 3. The highest BCUT2D eigenvalue weighted by atomic mass is 32.2. The first-order valence-corrected chi connectivity index (χ1v) is 8.16. The summed E-state index contributed by atoms with van der Waals surface area (Å²) in [6, 6.07) is -0.966. The van der Waals surface area contributed by atoms with E-state index >= 15 is 0 Å². The molecule has 2 fully saturated rings. The first-order valence-electron chi connectivity index (χ1n) is 6.76. The van der Waals surface area contributed by atoms with Crippen LogP contribution in [0, 0.1) is 5.41 Å². The van der Waals surface area contributed by atoms with Crippen molar-refractivity contribution in [3.63, 3.8) is 0 Å². The van der Waals surface area contributed by atoms with E-state index in [1.54, 1.807) is 0 Å². The Hall–Kier alpha value is -0.660. The molecule has 0 bridgehead atoms. The van der Waals surface area contributed by atoms with Crippen molar-refractivity contribution < 1.29 is 18.3 Å². The molecule has 7 heteroatoms. The van der Waals surface area contributed by atoms with Crippen LogP contribution in [0.15, 0.2) is 0 Å². The fraction of sp³-hybridized carbons (Fsp3) is 0.917. The summed E-state index contributed by atoms with van der Waals surface area (Å²) in [4.78, 5) is 11.5. The normalized spacial score (nSPS) is 29.5. The van der Waals surface area contributed by atoms with Crippen molar-refractivity contribution in [2.45, 2.75) is 45.6 Å². The topological polar surface area (TPSA) is 77.9 Å². The standard InChI is InChI=1S/C12H22N2O4S/c1-12(2)6-5-9-14(10(12)11(15)16)19(17,18)13-7-3-4-8-13/h10H,3-9H2,1-2H3,(H,15,16). The minimum absolute atomic E-state index is 0.305. The summed E-state index contributed by atoms with van der Waals surface area (Å²) in [6.07, 6.45) is 3.15. The second-order valence-corrected chi connectivity index (χ2v) is 7.94. The highest BCUT2D eigenvalue weighted by Crippen LogP contribution is 2.37. The molecule has 110 valence electrons. The van der Waals surface area contributed by atoms with E-state index in [0.717, 1.165) is 19.3 Å². The summed E-state index contributed by atoms with van der Waals surface area (Å²) in [6.45, 7) is 4.98. The van der Waals surface area contributed by atoms with E-state index in [2.05, 4.69) is 0 Å². The molecule has 1 N–H and O–H groups in total. The third kappa shape index (κ3) is 2.64. The van der Waals surface area contributed by atoms with Gasteiger partial charge in [0.05, 0.1) is 0 Å². The van der Waals surface area contributed by atoms with Gasteiger partial charge in [-0.15, -0.1) is 0 Å². The average Bonchev–Trinajstić information content (AvgIpc) is 2.80. The molecule has 2 rings (SSSR count). The first kappa shape index (κ1) is 14.7. The summed E-state index contributed by atoms with van der Waals surface area (Å²) in [5, 5.41) is 9.43. The fourth-order valence-corrected chi connectivity index (χ4v) is 5.14. The van der Waals surface area contributed by atoms with Crippen molar-refractivity contribution in [1.82, 2.24) is 8.61 Å². The summed E-state index contributed by atoms with van der Waals surface area (Å²) in [7, 11) is -3.64. The molecule has 0 aromatic rings. The van der Waals surface area contributed by atoms with Crippen LogP contribution in [-0.2, 0) is 15.0 Å². The Labute approximate surface area is 114 Å². The Bertz CT molecular complexity index is 454. The number of piperidine rings is 1. The second-order valence-electron chi connectivity index (χ2n) is 6.06. The van der Waals surface area contributed by atoms with Crippen LogP contribution < -0.4 is 0 Å². The number of nitrogens with zero attached hydrogens (tertiary/aromatic N) is 2. The lowest BCUT2D eigenvalue weighted by Crippen LogP contribution is -2.59. The van der Waals surface area contributed by atoms with Gasteiger partial charge < -0.3 is 5.11 Å². The predicted molar refractivity (Wildman–Crippen MR) is 70.9 cm³/mol. The number of rotatable bonds is 3. The highest BCUT2D eigenvalue weighted by Gasteiger charge is 2.49. The largest absolute Gasteiger partial charge is 0.480 e. The van der Waals surface area contributed by atoms with Crippen molar-refractivity contribution >= 4 is 16.2 Å². The maximum atomic E-state index is 12.6. The van der Waals surface area contributed by atoms with Crippen LogP contribution in [0.1, 0.15) is 39.5 Å². The van der Waals surface area contributed by atoms with Gasteiger partial charge in [0.25, 0.3) is 10.2 Å². The number of carboxylic acids is 1. The van der Waals surface area contributed by atoms with Crippen LogP contribution >= 0.6 is 0 Å². The van der Waals surface area contributed by atoms with E-state index in [0.29, 0.717) is 26.1 Å². The molecule has 2 aliphatic heterocycles. The van der Waals surface area contributed by atoms with Crippen molar-refractivity contribution in [3.8, 4) is 0 Å². The van der Waals surface area contributed by atoms with Crippen LogP contribution in [0.4, 0.5) is 0 Å². The molecule has 0 amide bonds. The Morgan fingerprint density at radius 3 is 2.26 bits per heavy atom. The minimum atomic E-state index is -3.64. The third-order valence-corrected chi connectivity index (χ3v) is 6.15. The number of hydrogen-bond donors (Lipinski definition) is 1. The van der Waals surface area contributed by atoms with Crippen LogP contribution in [0.25, 0.3) is 0 Å². The Morgan fingerprint density at radius 2 is 1.74 bits per heavy atom. The third-order valence-electron chi connectivity index (χ3n) is 4.15. The van der Waals surface area contributed by atoms with E-state index in [9.17, 15) is 18.3 Å². The smallest absolute Gasteiger partial charge is 0.322 e. The molecular formula is C12H22N2O4S. The molecule has 2 aliphatic rings. The lowest BCUT2D eigenvalue weighted by molar-refractivity contribution is -0.147. The van der Waals surface area contributed by atoms with E-state index < -0.39 is 27.6 Å². The van der Waals surface area contributed by atoms with Gasteiger partial charge in [-0.05, 0) is 31.1 Å². The molecular weight excluding hydrogens is 268 g/mol. The van der Waals surface area contributed by atoms with Gasteiger partial charge in [-0.2, -0.15) is 17.0 Å². The van der Waals surface area contributed by atoms with Crippen LogP contribution in [0.2, 0.25) is 0 Å². The SMILES string of the molecule is CC1(C)CCCN(S(=O)(=O)N2CCCC2)C1C(=O)O. The molecule has 1 unspecified atom stereocenters. The molecule has 0 radical (unpaired) electrons. The highest BCUT2D eigenvalue weighted by molar-refractivity contribution is 7.86. The zero-order valence-electron chi connectivity index (χ0n) is 11.5. The van der Waals surface area contributed by atoms with E-state index in [1.807, 2.05) is 13.8 Å². The molecule has 19 heavy (non-hydrogen) atoms. The lowest BCUT2D eigenvalue weighted by atomic mass is 9.77. The summed E-state index contributed by atoms with van der Waals surface area (Å²) in [5.74, 6) is -1.05. The fourth-order valence-electron chi connectivity index (χ4n) is 3.12. The van der Waals surface area contributed by atoms with Crippen LogP contribution in [0.5, 0.6) is 0 Å². The van der Waals surface area contributed by atoms with Crippen LogP contribution in [-0.4, -0.2) is 53.8 Å². The molecule has 1 atom stereocenters. The van der Waals surface area contributed by atoms with E-state index in [-0.39, 0.29) is 0 Å². The van der Waals surface area contributed by atoms with E-state index in [1.165, 1.54) is 8.61 Å². The summed E-state index contributed by atoms with van der Waals surface area (Å²) in [5.41, 5.74) is -0.531. The summed E-state index contributed by atoms with van der Waals surface area (Å²) >= 11 is 0. The van der Waals surface area contributed by atoms with Gasteiger partial charge in [-0.3, -0.25) is 4.79 Å². The first-order chi connectivity index (χ1) is 8.77. The molecule has 2 heterocycles. The molecule has 0 spiro atoms. The van der Waals surface area contributed by atoms with Crippen molar-refractivity contribution in [3.05, 3.63) is 0 Å². The zero-order valence-corrected chi connectivity index (χ0v) is 12.3. The number of carboxylic acid groups (broad SMARTS) is 1. The maximum Gasteiger partial charge on any atom is 0.322 e. The maximum absolute atomic E-state index is 12.6. The molecule has 2 saturated heterocycles. The molecule has 6 nitrogen and oxygen atoms in total. The van der Waals surface area contributed by atoms with Crippen molar-refractivity contribution in [2.75, 3.05) is 19.6 Å². The quantitative estimate of drug-likeness (QED) is 0.838. The van der Waals surface area contributed by atoms with Crippen molar-refractivity contribution in [2.24, 2.45) is 5.41 Å². The zero-order chi connectivity index (χ0) is 14.3. The lowest BCUT2D eigenvalue weighted by Gasteiger charge is -2.44. The van der Waals surface area contributed by atoms with Crippen LogP contribution in [0.3, 0.4) is 0 Å². The molecule has 0 aromatic carbocycles. The van der Waals surface area contributed by atoms with Gasteiger partial charge in [0, 0.05) is 19.6 Å². The minimum Gasteiger partial charge on any atom is -0.480 e. The monoisotopic (exact) mass is 290 g/mol. The van der Waals surface area contributed by atoms with Crippen molar-refractivity contribution in [1.29, 1.82) is 0 Å². The Kier molecular flexibility index (Phi) is 3.90. The van der Waals surface area contributed by atoms with Gasteiger partial charge in [-0.1, -0.05) is 13.8 Å². The Morgan fingerprint density at radius 1 is 1.16 bits per heavy atom. The molecule has 0 saturated carbocycles. The molecule has 0 aliphatic carbocycles. The van der Waals surface area contributed by atoms with Gasteiger partial charge in [0.2, 0.25) is 0 Å². The Balaban J connectivity index is 2.33. The number of carbonyl (C=O) groups is 1. The average molecular weight is 290 g/mol. The van der Waals surface area contributed by atoms with Gasteiger partial charge >= 0.3 is 5.97 Å². The van der Waals surface area contributed by atoms with Gasteiger partial charge in [-0.25, -0.2) is 0 Å². The molecule has 0 aromatic heterocycles. The predicted octanol–water partition coefficient (Wildman–Crippen LogP) is 0.902. The van der Waals surface area contributed by atoms with Gasteiger partial charge in [0.1, 0.15) is 6.04 Å². The number of aliphatic carboxylic acids is 1. The van der Waals surface area contributed by atoms with Gasteiger partial charge in [0.15, 0.2) is 0 Å². The summed E-state index contributed by atoms with van der Waals surface area (Å²) < 4.78 is 27.8. The second kappa shape index (κ2) is 5.03. The van der Waals surface area contributed by atoms with E-state index in [4.69, 9.17) is 0 Å².